The van der Waals surface area contributed by atoms with Gasteiger partial charge in [0.05, 0.1) is 17.2 Å². The predicted octanol–water partition coefficient (Wildman–Crippen LogP) is 3.27. The van der Waals surface area contributed by atoms with Gasteiger partial charge >= 0.3 is 0 Å². The number of amides is 2. The van der Waals surface area contributed by atoms with Crippen LogP contribution in [0.4, 0.5) is 8.78 Å². The number of benzene rings is 2. The molecule has 0 saturated heterocycles. The number of halogens is 2. The second-order valence-corrected chi connectivity index (χ2v) is 7.05. The molecule has 0 saturated carbocycles. The van der Waals surface area contributed by atoms with Crippen LogP contribution in [-0.4, -0.2) is 42.8 Å². The first-order valence-corrected chi connectivity index (χ1v) is 9.79. The van der Waals surface area contributed by atoms with Gasteiger partial charge in [-0.25, -0.2) is 8.78 Å². The van der Waals surface area contributed by atoms with E-state index in [1.165, 1.54) is 11.0 Å². The molecule has 8 heteroatoms. The molecule has 0 fully saturated rings. The molecule has 1 unspecified atom stereocenters. The fourth-order valence-electron chi connectivity index (χ4n) is 3.31. The van der Waals surface area contributed by atoms with Crippen molar-refractivity contribution in [1.29, 1.82) is 0 Å². The summed E-state index contributed by atoms with van der Waals surface area (Å²) >= 11 is 0. The molecule has 3 rings (SSSR count). The van der Waals surface area contributed by atoms with Gasteiger partial charge in [0.1, 0.15) is 0 Å². The van der Waals surface area contributed by atoms with Gasteiger partial charge in [0.25, 0.3) is 11.8 Å². The molecular formula is C22H24F2N4O2. The minimum atomic E-state index is -0.891. The number of rotatable bonds is 7. The molecule has 158 valence electrons. The first-order chi connectivity index (χ1) is 14.4. The number of fused-ring (bicyclic) bond motifs is 1. The van der Waals surface area contributed by atoms with Crippen molar-refractivity contribution in [2.45, 2.75) is 25.8 Å². The highest BCUT2D eigenvalue weighted by atomic mass is 19.2. The lowest BCUT2D eigenvalue weighted by atomic mass is 10.1. The third-order valence-corrected chi connectivity index (χ3v) is 5.00. The van der Waals surface area contributed by atoms with Crippen molar-refractivity contribution in [3.05, 3.63) is 70.8 Å². The number of nitrogens with one attached hydrogen (secondary N) is 2. The monoisotopic (exact) mass is 414 g/mol. The third kappa shape index (κ3) is 4.64. The zero-order valence-corrected chi connectivity index (χ0v) is 16.9. The normalized spacial score (nSPS) is 14.7. The Balaban J connectivity index is 1.43. The first-order valence-electron chi connectivity index (χ1n) is 9.79. The van der Waals surface area contributed by atoms with Gasteiger partial charge in [0.15, 0.2) is 17.6 Å². The lowest BCUT2D eigenvalue weighted by molar-refractivity contribution is 0.0652. The lowest BCUT2D eigenvalue weighted by Gasteiger charge is -2.19. The zero-order chi connectivity index (χ0) is 21.7. The molecule has 1 heterocycles. The van der Waals surface area contributed by atoms with Crippen molar-refractivity contribution in [1.82, 2.24) is 15.5 Å². The molecule has 0 spiro atoms. The summed E-state index contributed by atoms with van der Waals surface area (Å²) in [6.45, 7) is 2.75. The van der Waals surface area contributed by atoms with E-state index in [-0.39, 0.29) is 17.9 Å². The van der Waals surface area contributed by atoms with E-state index in [0.29, 0.717) is 48.6 Å². The number of imide groups is 1. The van der Waals surface area contributed by atoms with E-state index in [4.69, 9.17) is 0 Å². The predicted molar refractivity (Wildman–Crippen MR) is 110 cm³/mol. The summed E-state index contributed by atoms with van der Waals surface area (Å²) in [4.78, 5) is 30.1. The number of aliphatic imine (C=N–C) groups is 1. The van der Waals surface area contributed by atoms with Gasteiger partial charge in [0, 0.05) is 20.1 Å². The Morgan fingerprint density at radius 2 is 1.70 bits per heavy atom. The van der Waals surface area contributed by atoms with E-state index in [0.717, 1.165) is 12.1 Å². The number of carbonyl (C=O) groups is 2. The number of hydrogen-bond acceptors (Lipinski definition) is 3. The second kappa shape index (κ2) is 9.47. The molecule has 1 atom stereocenters. The Labute approximate surface area is 174 Å². The van der Waals surface area contributed by atoms with Crippen molar-refractivity contribution >= 4 is 17.8 Å². The SMILES string of the molecule is CN=C(NCCCCN1C(=O)c2ccccc2C1=O)NC(C)c1ccc(F)c(F)c1. The zero-order valence-electron chi connectivity index (χ0n) is 16.9. The smallest absolute Gasteiger partial charge is 0.261 e. The molecule has 6 nitrogen and oxygen atoms in total. The van der Waals surface area contributed by atoms with E-state index in [1.807, 2.05) is 6.92 Å². The Morgan fingerprint density at radius 1 is 1.03 bits per heavy atom. The summed E-state index contributed by atoms with van der Waals surface area (Å²) in [5.41, 5.74) is 1.51. The Hall–Kier alpha value is -3.29. The van der Waals surface area contributed by atoms with Crippen LogP contribution in [0.3, 0.4) is 0 Å². The minimum Gasteiger partial charge on any atom is -0.356 e. The van der Waals surface area contributed by atoms with Crippen LogP contribution in [0.1, 0.15) is 52.1 Å². The molecule has 0 bridgehead atoms. The van der Waals surface area contributed by atoms with Gasteiger partial charge in [-0.3, -0.25) is 19.5 Å². The van der Waals surface area contributed by atoms with Gasteiger partial charge in [-0.2, -0.15) is 0 Å². The van der Waals surface area contributed by atoms with Gasteiger partial charge in [-0.1, -0.05) is 18.2 Å². The van der Waals surface area contributed by atoms with Crippen molar-refractivity contribution in [2.75, 3.05) is 20.1 Å². The van der Waals surface area contributed by atoms with Crippen molar-refractivity contribution in [3.8, 4) is 0 Å². The van der Waals surface area contributed by atoms with E-state index in [9.17, 15) is 18.4 Å². The summed E-state index contributed by atoms with van der Waals surface area (Å²) in [6, 6.07) is 10.3. The van der Waals surface area contributed by atoms with Crippen LogP contribution in [0, 0.1) is 11.6 Å². The highest BCUT2D eigenvalue weighted by molar-refractivity contribution is 6.21. The molecule has 30 heavy (non-hydrogen) atoms. The van der Waals surface area contributed by atoms with Crippen LogP contribution in [0.2, 0.25) is 0 Å². The summed E-state index contributed by atoms with van der Waals surface area (Å²) in [5, 5.41) is 6.26. The van der Waals surface area contributed by atoms with Gasteiger partial charge in [-0.15, -0.1) is 0 Å². The van der Waals surface area contributed by atoms with Crippen LogP contribution in [0.15, 0.2) is 47.5 Å². The first kappa shape index (κ1) is 21.4. The van der Waals surface area contributed by atoms with Crippen molar-refractivity contribution in [2.24, 2.45) is 4.99 Å². The molecule has 2 amide bonds. The maximum Gasteiger partial charge on any atom is 0.261 e. The maximum atomic E-state index is 13.4. The standard InChI is InChI=1S/C22H24F2N4O2/c1-14(15-9-10-18(23)19(24)13-15)27-22(25-2)26-11-5-6-12-28-20(29)16-7-3-4-8-17(16)21(28)30/h3-4,7-10,13-14H,5-6,11-12H2,1-2H3,(H2,25,26,27). The lowest BCUT2D eigenvalue weighted by Crippen LogP contribution is -2.39. The van der Waals surface area contributed by atoms with Crippen LogP contribution in [-0.2, 0) is 0 Å². The Morgan fingerprint density at radius 3 is 2.30 bits per heavy atom. The highest BCUT2D eigenvalue weighted by Crippen LogP contribution is 2.22. The molecule has 2 aromatic carbocycles. The molecular weight excluding hydrogens is 390 g/mol. The van der Waals surface area contributed by atoms with E-state index >= 15 is 0 Å². The number of guanidine groups is 1. The molecule has 0 radical (unpaired) electrons. The highest BCUT2D eigenvalue weighted by Gasteiger charge is 2.34. The minimum absolute atomic E-state index is 0.249. The Bertz CT molecular complexity index is 942. The molecule has 0 aromatic heterocycles. The van der Waals surface area contributed by atoms with Crippen LogP contribution in [0.25, 0.3) is 0 Å². The summed E-state index contributed by atoms with van der Waals surface area (Å²) < 4.78 is 26.5. The fourth-order valence-corrected chi connectivity index (χ4v) is 3.31. The number of unbranched alkanes of at least 4 members (excludes halogenated alkanes) is 1. The average Bonchev–Trinajstić information content (AvgIpc) is 2.99. The largest absolute Gasteiger partial charge is 0.356 e. The van der Waals surface area contributed by atoms with Crippen molar-refractivity contribution in [3.63, 3.8) is 0 Å². The molecule has 2 N–H and O–H groups in total. The van der Waals surface area contributed by atoms with Crippen LogP contribution >= 0.6 is 0 Å². The van der Waals surface area contributed by atoms with Gasteiger partial charge < -0.3 is 10.6 Å². The molecule has 1 aliphatic rings. The topological polar surface area (TPSA) is 73.8 Å². The van der Waals surface area contributed by atoms with Crippen LogP contribution < -0.4 is 10.6 Å². The molecule has 2 aromatic rings. The maximum absolute atomic E-state index is 13.4. The Kier molecular flexibility index (Phi) is 6.76. The summed E-state index contributed by atoms with van der Waals surface area (Å²) in [7, 11) is 1.62. The van der Waals surface area contributed by atoms with E-state index in [2.05, 4.69) is 15.6 Å². The summed E-state index contributed by atoms with van der Waals surface area (Å²) in [6.07, 6.45) is 1.36. The van der Waals surface area contributed by atoms with Crippen LogP contribution in [0.5, 0.6) is 0 Å². The average molecular weight is 414 g/mol. The number of carbonyl (C=O) groups excluding carboxylic acids is 2. The van der Waals surface area contributed by atoms with Crippen molar-refractivity contribution < 1.29 is 18.4 Å². The van der Waals surface area contributed by atoms with E-state index < -0.39 is 11.6 Å². The third-order valence-electron chi connectivity index (χ3n) is 5.00. The molecule has 1 aliphatic heterocycles. The van der Waals surface area contributed by atoms with Gasteiger partial charge in [-0.05, 0) is 49.6 Å². The number of hydrogen-bond donors (Lipinski definition) is 2. The quantitative estimate of drug-likeness (QED) is 0.316. The van der Waals surface area contributed by atoms with Gasteiger partial charge in [0.2, 0.25) is 0 Å². The molecule has 0 aliphatic carbocycles. The second-order valence-electron chi connectivity index (χ2n) is 7.05. The van der Waals surface area contributed by atoms with E-state index in [1.54, 1.807) is 31.3 Å². The fraction of sp³-hybridized carbons (Fsp3) is 0.318. The summed E-state index contributed by atoms with van der Waals surface area (Å²) in [5.74, 6) is -1.75. The number of nitrogens with zero attached hydrogens (tertiary/aromatic N) is 2.